The topological polar surface area (TPSA) is 81.1 Å². The number of benzene rings is 2. The third-order valence-electron chi connectivity index (χ3n) is 6.78. The van der Waals surface area contributed by atoms with E-state index in [2.05, 4.69) is 9.88 Å². The lowest BCUT2D eigenvalue weighted by molar-refractivity contribution is -0.0629. The van der Waals surface area contributed by atoms with Crippen LogP contribution in [0.4, 0.5) is 13.6 Å². The monoisotopic (exact) mass is 534 g/mol. The number of aryl methyl sites for hydroxylation is 1. The molecule has 0 unspecified atom stereocenters. The van der Waals surface area contributed by atoms with E-state index in [0.717, 1.165) is 34.7 Å². The Morgan fingerprint density at radius 3 is 2.54 bits per heavy atom. The van der Waals surface area contributed by atoms with Crippen LogP contribution in [-0.2, 0) is 11.2 Å². The maximum atomic E-state index is 13.3. The summed E-state index contributed by atoms with van der Waals surface area (Å²) >= 11 is 6.48. The van der Waals surface area contributed by atoms with Crippen molar-refractivity contribution in [1.29, 1.82) is 0 Å². The Morgan fingerprint density at radius 2 is 1.86 bits per heavy atom. The highest BCUT2D eigenvalue weighted by Gasteiger charge is 2.38. The molecule has 0 spiro atoms. The number of carbonyl (C=O) groups is 1. The molecular formula is C27H29ClF2N2O5. The Morgan fingerprint density at radius 1 is 1.14 bits per heavy atom. The van der Waals surface area contributed by atoms with Crippen molar-refractivity contribution in [3.05, 3.63) is 64.8 Å². The molecule has 37 heavy (non-hydrogen) atoms. The van der Waals surface area contributed by atoms with Crippen molar-refractivity contribution < 1.29 is 32.9 Å². The number of aromatic nitrogens is 1. The van der Waals surface area contributed by atoms with Gasteiger partial charge in [0, 0.05) is 62.3 Å². The Labute approximate surface area is 218 Å². The summed E-state index contributed by atoms with van der Waals surface area (Å²) < 4.78 is 42.9. The number of ether oxygens (including phenoxy) is 3. The molecule has 3 aromatic rings. The summed E-state index contributed by atoms with van der Waals surface area (Å²) in [6.45, 7) is 2.03. The molecule has 0 aliphatic carbocycles. The summed E-state index contributed by atoms with van der Waals surface area (Å²) in [7, 11) is 1.60. The standard InChI is InChI=1S/C27H29ClF2N2O5/c1-35-20-4-5-25-23(16-20)22(24(28)17-31-25)3-2-6-27(37-26(33)34)7-9-32(10-8-27)11-12-36-21-14-18(29)13-19(30)15-21/h4-5,13-17H,2-3,6-12H2,1H3,(H,33,34). The second-order valence-electron chi connectivity index (χ2n) is 9.17. The van der Waals surface area contributed by atoms with Gasteiger partial charge in [-0.1, -0.05) is 11.6 Å². The van der Waals surface area contributed by atoms with E-state index in [0.29, 0.717) is 62.5 Å². The van der Waals surface area contributed by atoms with E-state index in [4.69, 9.17) is 25.8 Å². The number of piperidine rings is 1. The molecule has 1 aliphatic rings. The van der Waals surface area contributed by atoms with Crippen LogP contribution < -0.4 is 9.47 Å². The van der Waals surface area contributed by atoms with Crippen molar-refractivity contribution in [3.63, 3.8) is 0 Å². The van der Waals surface area contributed by atoms with Gasteiger partial charge in [-0.25, -0.2) is 13.6 Å². The molecule has 0 amide bonds. The van der Waals surface area contributed by atoms with Gasteiger partial charge < -0.3 is 19.3 Å². The summed E-state index contributed by atoms with van der Waals surface area (Å²) in [5.74, 6) is -0.534. The van der Waals surface area contributed by atoms with Crippen LogP contribution >= 0.6 is 11.6 Å². The fourth-order valence-electron chi connectivity index (χ4n) is 4.85. The number of methoxy groups -OCH3 is 1. The minimum absolute atomic E-state index is 0.137. The molecule has 2 aromatic carbocycles. The van der Waals surface area contributed by atoms with Crippen LogP contribution in [0.2, 0.25) is 5.02 Å². The van der Waals surface area contributed by atoms with E-state index in [9.17, 15) is 18.7 Å². The number of halogens is 3. The van der Waals surface area contributed by atoms with Crippen molar-refractivity contribution in [3.8, 4) is 11.5 Å². The lowest BCUT2D eigenvalue weighted by Gasteiger charge is -2.40. The van der Waals surface area contributed by atoms with Crippen LogP contribution in [0.25, 0.3) is 10.9 Å². The number of pyridine rings is 1. The van der Waals surface area contributed by atoms with E-state index in [1.54, 1.807) is 13.3 Å². The molecule has 1 fully saturated rings. The summed E-state index contributed by atoms with van der Waals surface area (Å²) in [5, 5.41) is 10.9. The van der Waals surface area contributed by atoms with Gasteiger partial charge in [0.25, 0.3) is 0 Å². The minimum Gasteiger partial charge on any atom is -0.497 e. The molecule has 7 nitrogen and oxygen atoms in total. The number of hydrogen-bond donors (Lipinski definition) is 1. The van der Waals surface area contributed by atoms with Crippen LogP contribution in [0, 0.1) is 11.6 Å². The first kappa shape index (κ1) is 26.9. The normalized spacial score (nSPS) is 15.5. The molecule has 1 saturated heterocycles. The van der Waals surface area contributed by atoms with Gasteiger partial charge >= 0.3 is 6.16 Å². The number of fused-ring (bicyclic) bond motifs is 1. The summed E-state index contributed by atoms with van der Waals surface area (Å²) in [6.07, 6.45) is 3.28. The molecule has 4 rings (SSSR count). The average Bonchev–Trinajstić information content (AvgIpc) is 2.85. The van der Waals surface area contributed by atoms with Gasteiger partial charge in [0.2, 0.25) is 0 Å². The number of nitrogens with zero attached hydrogens (tertiary/aromatic N) is 2. The quantitative estimate of drug-likeness (QED) is 0.314. The molecule has 0 saturated carbocycles. The molecule has 0 bridgehead atoms. The van der Waals surface area contributed by atoms with E-state index >= 15 is 0 Å². The van der Waals surface area contributed by atoms with Crippen LogP contribution in [0.3, 0.4) is 0 Å². The fraction of sp³-hybridized carbons (Fsp3) is 0.407. The summed E-state index contributed by atoms with van der Waals surface area (Å²) in [5.41, 5.74) is 0.967. The molecule has 1 N–H and O–H groups in total. The number of hydrogen-bond acceptors (Lipinski definition) is 6. The van der Waals surface area contributed by atoms with Gasteiger partial charge in [-0.05, 0) is 43.0 Å². The molecule has 198 valence electrons. The number of carboxylic acid groups (broad SMARTS) is 1. The first-order valence-electron chi connectivity index (χ1n) is 12.1. The second-order valence-corrected chi connectivity index (χ2v) is 9.57. The minimum atomic E-state index is -1.29. The van der Waals surface area contributed by atoms with Gasteiger partial charge in [0.15, 0.2) is 0 Å². The lowest BCUT2D eigenvalue weighted by atomic mass is 9.85. The van der Waals surface area contributed by atoms with Gasteiger partial charge in [0.1, 0.15) is 35.3 Å². The summed E-state index contributed by atoms with van der Waals surface area (Å²) in [6, 6.07) is 8.71. The Balaban J connectivity index is 1.34. The van der Waals surface area contributed by atoms with E-state index in [1.807, 2.05) is 18.2 Å². The zero-order valence-electron chi connectivity index (χ0n) is 20.5. The lowest BCUT2D eigenvalue weighted by Crippen LogP contribution is -2.48. The zero-order chi connectivity index (χ0) is 26.4. The van der Waals surface area contributed by atoms with E-state index in [-0.39, 0.29) is 12.4 Å². The third kappa shape index (κ3) is 6.99. The van der Waals surface area contributed by atoms with Gasteiger partial charge in [-0.2, -0.15) is 0 Å². The highest BCUT2D eigenvalue weighted by molar-refractivity contribution is 6.32. The SMILES string of the molecule is COc1ccc2ncc(Cl)c(CCCC3(OC(=O)O)CCN(CCOc4cc(F)cc(F)c4)CC3)c2c1. The first-order chi connectivity index (χ1) is 17.8. The number of likely N-dealkylation sites (tertiary alicyclic amines) is 1. The van der Waals surface area contributed by atoms with Gasteiger partial charge in [-0.3, -0.25) is 9.88 Å². The van der Waals surface area contributed by atoms with Crippen LogP contribution in [-0.4, -0.2) is 60.1 Å². The first-order valence-corrected chi connectivity index (χ1v) is 12.5. The molecule has 10 heteroatoms. The molecular weight excluding hydrogens is 506 g/mol. The van der Waals surface area contributed by atoms with Crippen molar-refractivity contribution >= 4 is 28.7 Å². The fourth-order valence-corrected chi connectivity index (χ4v) is 5.09. The smallest absolute Gasteiger partial charge is 0.497 e. The van der Waals surface area contributed by atoms with Crippen LogP contribution in [0.5, 0.6) is 11.5 Å². The Hall–Kier alpha value is -3.17. The highest BCUT2D eigenvalue weighted by Crippen LogP contribution is 2.34. The molecule has 1 aromatic heterocycles. The number of rotatable bonds is 10. The van der Waals surface area contributed by atoms with Gasteiger partial charge in [0.05, 0.1) is 17.6 Å². The highest BCUT2D eigenvalue weighted by atomic mass is 35.5. The maximum absolute atomic E-state index is 13.3. The van der Waals surface area contributed by atoms with Crippen molar-refractivity contribution in [2.75, 3.05) is 33.4 Å². The second kappa shape index (κ2) is 11.9. The summed E-state index contributed by atoms with van der Waals surface area (Å²) in [4.78, 5) is 18.0. The third-order valence-corrected chi connectivity index (χ3v) is 7.10. The largest absolute Gasteiger partial charge is 0.506 e. The van der Waals surface area contributed by atoms with Crippen molar-refractivity contribution in [1.82, 2.24) is 9.88 Å². The van der Waals surface area contributed by atoms with E-state index < -0.39 is 23.4 Å². The van der Waals surface area contributed by atoms with Crippen LogP contribution in [0.15, 0.2) is 42.6 Å². The average molecular weight is 535 g/mol. The molecule has 0 radical (unpaired) electrons. The Bertz CT molecular complexity index is 1230. The zero-order valence-corrected chi connectivity index (χ0v) is 21.3. The van der Waals surface area contributed by atoms with E-state index in [1.165, 1.54) is 0 Å². The van der Waals surface area contributed by atoms with Gasteiger partial charge in [-0.15, -0.1) is 0 Å². The Kier molecular flexibility index (Phi) is 8.66. The van der Waals surface area contributed by atoms with Crippen LogP contribution in [0.1, 0.15) is 31.2 Å². The molecule has 1 aliphatic heterocycles. The predicted octanol–water partition coefficient (Wildman–Crippen LogP) is 6.11. The van der Waals surface area contributed by atoms with Crippen molar-refractivity contribution in [2.45, 2.75) is 37.7 Å². The maximum Gasteiger partial charge on any atom is 0.506 e. The van der Waals surface area contributed by atoms with Crippen molar-refractivity contribution in [2.24, 2.45) is 0 Å². The molecule has 0 atom stereocenters. The predicted molar refractivity (Wildman–Crippen MR) is 136 cm³/mol. The molecule has 2 heterocycles.